The van der Waals surface area contributed by atoms with E-state index in [1.165, 1.54) is 11.8 Å². The molecule has 0 aliphatic carbocycles. The third-order valence-corrected chi connectivity index (χ3v) is 8.38. The van der Waals surface area contributed by atoms with Crippen LogP contribution in [0.2, 0.25) is 0 Å². The quantitative estimate of drug-likeness (QED) is 0.470. The number of hydrogen-bond acceptors (Lipinski definition) is 4. The molecule has 0 radical (unpaired) electrons. The number of phenols is 1. The maximum absolute atomic E-state index is 13.5. The van der Waals surface area contributed by atoms with Crippen LogP contribution in [-0.2, 0) is 10.8 Å². The minimum absolute atomic E-state index is 0.0148. The van der Waals surface area contributed by atoms with Crippen molar-refractivity contribution in [1.29, 1.82) is 0 Å². The van der Waals surface area contributed by atoms with Crippen molar-refractivity contribution in [3.63, 3.8) is 0 Å². The average molecular weight is 432 g/mol. The Bertz CT molecular complexity index is 830. The van der Waals surface area contributed by atoms with Gasteiger partial charge in [0.2, 0.25) is 0 Å². The Morgan fingerprint density at radius 2 is 1.76 bits per heavy atom. The molecule has 0 saturated heterocycles. The minimum Gasteiger partial charge on any atom is -0.507 e. The van der Waals surface area contributed by atoms with Gasteiger partial charge in [-0.15, -0.1) is 11.8 Å². The lowest BCUT2D eigenvalue weighted by atomic mass is 9.79. The Balaban J connectivity index is 2.15. The second kappa shape index (κ2) is 10.0. The number of rotatable bonds is 8. The molecular formula is C24H33NO2S2. The summed E-state index contributed by atoms with van der Waals surface area (Å²) < 4.78 is 13.5. The second-order valence-electron chi connectivity index (χ2n) is 8.11. The second-order valence-corrected chi connectivity index (χ2v) is 10.4. The lowest BCUT2D eigenvalue weighted by molar-refractivity contribution is 0.272. The largest absolute Gasteiger partial charge is 0.507 e. The number of phenolic OH excluding ortho intramolecular Hbond substituents is 1. The number of thioether (sulfide) groups is 1. The van der Waals surface area contributed by atoms with Crippen LogP contribution in [0.15, 0.2) is 52.3 Å². The van der Waals surface area contributed by atoms with Gasteiger partial charge in [-0.05, 0) is 43.4 Å². The van der Waals surface area contributed by atoms with E-state index in [-0.39, 0.29) is 11.2 Å². The van der Waals surface area contributed by atoms with Crippen molar-refractivity contribution in [2.75, 3.05) is 23.5 Å². The summed E-state index contributed by atoms with van der Waals surface area (Å²) in [5, 5.41) is 10.5. The molecule has 3 rings (SSSR count). The highest BCUT2D eigenvalue weighted by atomic mass is 32.2. The normalized spacial score (nSPS) is 18.3. The van der Waals surface area contributed by atoms with E-state index in [0.29, 0.717) is 5.75 Å². The summed E-state index contributed by atoms with van der Waals surface area (Å²) in [5.74, 6) is 0.897. The number of aromatic hydroxyl groups is 1. The number of benzene rings is 2. The molecule has 1 aliphatic rings. The fourth-order valence-electron chi connectivity index (χ4n) is 4.29. The van der Waals surface area contributed by atoms with Crippen LogP contribution in [0.5, 0.6) is 5.75 Å². The van der Waals surface area contributed by atoms with Gasteiger partial charge in [-0.25, -0.2) is 0 Å². The first kappa shape index (κ1) is 22.2. The number of hydrogen-bond donors (Lipinski definition) is 1. The van der Waals surface area contributed by atoms with Crippen molar-refractivity contribution in [2.45, 2.75) is 62.2 Å². The van der Waals surface area contributed by atoms with Crippen molar-refractivity contribution in [3.05, 3.63) is 42.5 Å². The maximum atomic E-state index is 13.5. The van der Waals surface area contributed by atoms with Gasteiger partial charge in [0.15, 0.2) is 0 Å². The fraction of sp³-hybridized carbons (Fsp3) is 0.500. The first-order valence-corrected chi connectivity index (χ1v) is 13.2. The lowest BCUT2D eigenvalue weighted by Gasteiger charge is -2.37. The van der Waals surface area contributed by atoms with Crippen LogP contribution in [0.25, 0.3) is 0 Å². The Labute approximate surface area is 182 Å². The summed E-state index contributed by atoms with van der Waals surface area (Å²) in [5.41, 5.74) is 2.12. The van der Waals surface area contributed by atoms with E-state index in [1.807, 2.05) is 18.4 Å². The van der Waals surface area contributed by atoms with E-state index in [9.17, 15) is 9.32 Å². The molecule has 5 heteroatoms. The van der Waals surface area contributed by atoms with Crippen LogP contribution in [0, 0.1) is 5.41 Å². The number of para-hydroxylation sites is 1. The van der Waals surface area contributed by atoms with Gasteiger partial charge in [0.1, 0.15) is 5.75 Å². The van der Waals surface area contributed by atoms with Gasteiger partial charge in [-0.3, -0.25) is 4.21 Å². The molecule has 1 aliphatic heterocycles. The highest BCUT2D eigenvalue weighted by Gasteiger charge is 2.38. The Hall–Kier alpha value is -1.46. The van der Waals surface area contributed by atoms with Crippen LogP contribution in [0.1, 0.15) is 52.4 Å². The zero-order valence-electron chi connectivity index (χ0n) is 17.8. The summed E-state index contributed by atoms with van der Waals surface area (Å²) in [6, 6.07) is 14.2. The molecule has 3 nitrogen and oxygen atoms in total. The zero-order chi connectivity index (χ0) is 20.9. The lowest BCUT2D eigenvalue weighted by Crippen LogP contribution is -2.37. The summed E-state index contributed by atoms with van der Waals surface area (Å²) in [7, 11) is -1.13. The highest BCUT2D eigenvalue weighted by Crippen LogP contribution is 2.46. The highest BCUT2D eigenvalue weighted by molar-refractivity contribution is 7.98. The fourth-order valence-corrected chi connectivity index (χ4v) is 6.52. The average Bonchev–Trinajstić information content (AvgIpc) is 2.86. The molecule has 1 unspecified atom stereocenters. The SMILES string of the molecule is CCCCC1(CCCC)CN(c2ccccc2)c2cc(SC)c(O)cc2S(=O)C1. The van der Waals surface area contributed by atoms with Crippen molar-refractivity contribution in [3.8, 4) is 5.75 Å². The zero-order valence-corrected chi connectivity index (χ0v) is 19.5. The molecule has 0 amide bonds. The predicted molar refractivity (Wildman–Crippen MR) is 126 cm³/mol. The van der Waals surface area contributed by atoms with Gasteiger partial charge in [0, 0.05) is 23.4 Å². The van der Waals surface area contributed by atoms with Gasteiger partial charge in [-0.2, -0.15) is 0 Å². The van der Waals surface area contributed by atoms with Crippen LogP contribution in [0.3, 0.4) is 0 Å². The summed E-state index contributed by atoms with van der Waals surface area (Å²) in [6.45, 7) is 5.33. The van der Waals surface area contributed by atoms with E-state index >= 15 is 0 Å². The first-order valence-electron chi connectivity index (χ1n) is 10.7. The van der Waals surface area contributed by atoms with E-state index in [1.54, 1.807) is 6.07 Å². The number of anilines is 2. The molecule has 1 N–H and O–H groups in total. The molecule has 1 heterocycles. The molecule has 0 aromatic heterocycles. The summed E-state index contributed by atoms with van der Waals surface area (Å²) >= 11 is 1.53. The Kier molecular flexibility index (Phi) is 7.69. The van der Waals surface area contributed by atoms with E-state index < -0.39 is 10.8 Å². The molecule has 29 heavy (non-hydrogen) atoms. The minimum atomic E-state index is -1.13. The topological polar surface area (TPSA) is 40.5 Å². The third kappa shape index (κ3) is 5.00. The smallest absolute Gasteiger partial charge is 0.130 e. The van der Waals surface area contributed by atoms with Crippen LogP contribution in [0.4, 0.5) is 11.4 Å². The standard InChI is InChI=1S/C24H33NO2S2/c1-4-6-13-24(14-7-5-2)17-25(19-11-9-8-10-12-19)20-15-22(28-3)21(26)16-23(20)29(27)18-24/h8-12,15-16,26H,4-7,13-14,17-18H2,1-3H3. The number of unbranched alkanes of at least 4 members (excludes halogenated alkanes) is 2. The third-order valence-electron chi connectivity index (χ3n) is 5.92. The number of nitrogens with zero attached hydrogens (tertiary/aromatic N) is 1. The van der Waals surface area contributed by atoms with Crippen molar-refractivity contribution < 1.29 is 9.32 Å². The Morgan fingerprint density at radius 1 is 1.10 bits per heavy atom. The molecule has 1 atom stereocenters. The van der Waals surface area contributed by atoms with E-state index in [4.69, 9.17) is 0 Å². The monoisotopic (exact) mass is 431 g/mol. The van der Waals surface area contributed by atoms with Crippen molar-refractivity contribution in [2.24, 2.45) is 5.41 Å². The van der Waals surface area contributed by atoms with Gasteiger partial charge in [0.05, 0.1) is 26.3 Å². The summed E-state index contributed by atoms with van der Waals surface area (Å²) in [4.78, 5) is 3.94. The molecule has 2 aromatic rings. The van der Waals surface area contributed by atoms with E-state index in [2.05, 4.69) is 43.0 Å². The Morgan fingerprint density at radius 3 is 2.34 bits per heavy atom. The molecule has 0 bridgehead atoms. The molecule has 0 saturated carbocycles. The van der Waals surface area contributed by atoms with Gasteiger partial charge in [0.25, 0.3) is 0 Å². The van der Waals surface area contributed by atoms with Crippen molar-refractivity contribution in [1.82, 2.24) is 0 Å². The molecule has 2 aromatic carbocycles. The molecular weight excluding hydrogens is 398 g/mol. The van der Waals surface area contributed by atoms with E-state index in [0.717, 1.165) is 66.2 Å². The number of fused-ring (bicyclic) bond motifs is 1. The van der Waals surface area contributed by atoms with Crippen LogP contribution < -0.4 is 4.90 Å². The van der Waals surface area contributed by atoms with Crippen molar-refractivity contribution >= 4 is 33.9 Å². The van der Waals surface area contributed by atoms with Gasteiger partial charge < -0.3 is 10.0 Å². The maximum Gasteiger partial charge on any atom is 0.130 e. The summed E-state index contributed by atoms with van der Waals surface area (Å²) in [6.07, 6.45) is 8.76. The first-order chi connectivity index (χ1) is 14.0. The van der Waals surface area contributed by atoms with Gasteiger partial charge in [-0.1, -0.05) is 57.7 Å². The van der Waals surface area contributed by atoms with Crippen LogP contribution >= 0.6 is 11.8 Å². The van der Waals surface area contributed by atoms with Crippen LogP contribution in [-0.4, -0.2) is 27.9 Å². The molecule has 158 valence electrons. The molecule has 0 spiro atoms. The van der Waals surface area contributed by atoms with Gasteiger partial charge >= 0.3 is 0 Å². The predicted octanol–water partition coefficient (Wildman–Crippen LogP) is 6.74. The molecule has 0 fully saturated rings.